The van der Waals surface area contributed by atoms with Gasteiger partial charge in [-0.15, -0.1) is 0 Å². The Balaban J connectivity index is 1.50. The summed E-state index contributed by atoms with van der Waals surface area (Å²) in [6.07, 6.45) is 1.54. The number of esters is 1. The monoisotopic (exact) mass is 400 g/mol. The lowest BCUT2D eigenvalue weighted by Gasteiger charge is -2.14. The number of pyridine rings is 1. The summed E-state index contributed by atoms with van der Waals surface area (Å²) in [6, 6.07) is 21.8. The Hall–Kier alpha value is -3.93. The minimum atomic E-state index is -0.594. The van der Waals surface area contributed by atoms with Gasteiger partial charge in [0.05, 0.1) is 23.4 Å². The summed E-state index contributed by atoms with van der Waals surface area (Å²) in [4.78, 5) is 29.6. The fourth-order valence-electron chi connectivity index (χ4n) is 3.21. The van der Waals surface area contributed by atoms with Crippen molar-refractivity contribution in [3.05, 3.63) is 90.2 Å². The van der Waals surface area contributed by atoms with Crippen molar-refractivity contribution in [3.8, 4) is 11.5 Å². The van der Waals surface area contributed by atoms with E-state index in [9.17, 15) is 9.59 Å². The second-order valence-electron chi connectivity index (χ2n) is 6.83. The molecule has 0 fully saturated rings. The zero-order chi connectivity index (χ0) is 20.9. The number of nitrogens with one attached hydrogen (secondary N) is 1. The van der Waals surface area contributed by atoms with E-state index in [-0.39, 0.29) is 18.6 Å². The van der Waals surface area contributed by atoms with E-state index in [1.807, 2.05) is 55.5 Å². The summed E-state index contributed by atoms with van der Waals surface area (Å²) in [5.41, 5.74) is 2.46. The number of carbonyl (C=O) groups excluding carboxylic acids is 2. The van der Waals surface area contributed by atoms with Crippen LogP contribution in [0.25, 0.3) is 22.4 Å². The first-order valence-corrected chi connectivity index (χ1v) is 9.57. The van der Waals surface area contributed by atoms with E-state index < -0.39 is 5.97 Å². The predicted molar refractivity (Wildman–Crippen MR) is 113 cm³/mol. The molecule has 1 atom stereocenters. The number of nitrogens with zero attached hydrogens (tertiary/aromatic N) is 1. The third-order valence-corrected chi connectivity index (χ3v) is 4.72. The Morgan fingerprint density at radius 1 is 1.03 bits per heavy atom. The van der Waals surface area contributed by atoms with E-state index in [0.29, 0.717) is 27.9 Å². The first-order valence-electron chi connectivity index (χ1n) is 9.57. The van der Waals surface area contributed by atoms with Crippen LogP contribution < -0.4 is 5.32 Å². The van der Waals surface area contributed by atoms with Crippen LogP contribution in [0.4, 0.5) is 0 Å². The number of aromatic nitrogens is 1. The molecular weight excluding hydrogens is 380 g/mol. The largest absolute Gasteiger partial charge is 0.463 e. The van der Waals surface area contributed by atoms with Crippen LogP contribution >= 0.6 is 0 Å². The Kier molecular flexibility index (Phi) is 5.57. The van der Waals surface area contributed by atoms with Gasteiger partial charge in [0.2, 0.25) is 0 Å². The van der Waals surface area contributed by atoms with Gasteiger partial charge < -0.3 is 14.5 Å². The molecule has 2 aromatic heterocycles. The average Bonchev–Trinajstić information content (AvgIpc) is 3.32. The summed E-state index contributed by atoms with van der Waals surface area (Å²) >= 11 is 0. The Bertz CT molecular complexity index is 1170. The van der Waals surface area contributed by atoms with E-state index in [1.165, 1.54) is 0 Å². The van der Waals surface area contributed by atoms with Crippen molar-refractivity contribution in [1.29, 1.82) is 0 Å². The summed E-state index contributed by atoms with van der Waals surface area (Å²) in [6.45, 7) is 1.50. The molecule has 4 aromatic rings. The quantitative estimate of drug-likeness (QED) is 0.481. The molecule has 0 saturated heterocycles. The molecule has 0 bridgehead atoms. The average molecular weight is 400 g/mol. The van der Waals surface area contributed by atoms with Crippen LogP contribution in [0.1, 0.15) is 28.9 Å². The number of hydrogen-bond donors (Lipinski definition) is 1. The van der Waals surface area contributed by atoms with Gasteiger partial charge in [0.25, 0.3) is 5.91 Å². The highest BCUT2D eigenvalue weighted by atomic mass is 16.5. The molecule has 150 valence electrons. The maximum Gasteiger partial charge on any atom is 0.339 e. The number of hydrogen-bond acceptors (Lipinski definition) is 5. The van der Waals surface area contributed by atoms with Crippen molar-refractivity contribution in [2.24, 2.45) is 0 Å². The molecular formula is C24H20N2O4. The number of furan rings is 1. The first-order chi connectivity index (χ1) is 14.6. The molecule has 1 N–H and O–H groups in total. The highest BCUT2D eigenvalue weighted by Crippen LogP contribution is 2.25. The molecule has 0 spiro atoms. The number of ether oxygens (including phenoxy) is 1. The van der Waals surface area contributed by atoms with Gasteiger partial charge in [0, 0.05) is 5.39 Å². The van der Waals surface area contributed by atoms with Crippen LogP contribution in [0.5, 0.6) is 0 Å². The fraction of sp³-hybridized carbons (Fsp3) is 0.125. The molecule has 2 aromatic carbocycles. The molecule has 0 aliphatic carbocycles. The second-order valence-corrected chi connectivity index (χ2v) is 6.83. The van der Waals surface area contributed by atoms with E-state index in [1.54, 1.807) is 30.5 Å². The molecule has 6 heteroatoms. The van der Waals surface area contributed by atoms with Gasteiger partial charge in [-0.1, -0.05) is 48.5 Å². The van der Waals surface area contributed by atoms with Crippen molar-refractivity contribution in [3.63, 3.8) is 0 Å². The SMILES string of the molecule is CC(NC(=O)COC(=O)c1cc(-c2ccco2)nc2ccccc12)c1ccccc1. The minimum Gasteiger partial charge on any atom is -0.463 e. The number of para-hydroxylation sites is 1. The van der Waals surface area contributed by atoms with Crippen molar-refractivity contribution in [2.45, 2.75) is 13.0 Å². The number of amides is 1. The van der Waals surface area contributed by atoms with Gasteiger partial charge in [-0.3, -0.25) is 4.79 Å². The molecule has 1 amide bonds. The number of carbonyl (C=O) groups is 2. The number of rotatable bonds is 6. The smallest absolute Gasteiger partial charge is 0.339 e. The number of benzene rings is 2. The molecule has 30 heavy (non-hydrogen) atoms. The molecule has 6 nitrogen and oxygen atoms in total. The zero-order valence-corrected chi connectivity index (χ0v) is 16.4. The lowest BCUT2D eigenvalue weighted by molar-refractivity contribution is -0.124. The highest BCUT2D eigenvalue weighted by molar-refractivity contribution is 6.05. The normalized spacial score (nSPS) is 11.8. The van der Waals surface area contributed by atoms with Crippen LogP contribution in [-0.2, 0) is 9.53 Å². The Morgan fingerprint density at radius 2 is 1.80 bits per heavy atom. The third kappa shape index (κ3) is 4.22. The molecule has 2 heterocycles. The van der Waals surface area contributed by atoms with Gasteiger partial charge in [-0.2, -0.15) is 0 Å². The van der Waals surface area contributed by atoms with Crippen LogP contribution in [0.3, 0.4) is 0 Å². The summed E-state index contributed by atoms with van der Waals surface area (Å²) in [7, 11) is 0. The van der Waals surface area contributed by atoms with Crippen LogP contribution in [0.15, 0.2) is 83.5 Å². The van der Waals surface area contributed by atoms with Crippen molar-refractivity contribution in [1.82, 2.24) is 10.3 Å². The first kappa shape index (κ1) is 19.4. The summed E-state index contributed by atoms with van der Waals surface area (Å²) in [5.74, 6) is -0.419. The van der Waals surface area contributed by atoms with Gasteiger partial charge in [-0.25, -0.2) is 9.78 Å². The molecule has 0 aliphatic heterocycles. The third-order valence-electron chi connectivity index (χ3n) is 4.72. The summed E-state index contributed by atoms with van der Waals surface area (Å²) < 4.78 is 10.7. The van der Waals surface area contributed by atoms with Gasteiger partial charge in [0.1, 0.15) is 5.69 Å². The van der Waals surface area contributed by atoms with Crippen molar-refractivity contribution >= 4 is 22.8 Å². The molecule has 1 unspecified atom stereocenters. The molecule has 0 saturated carbocycles. The Morgan fingerprint density at radius 3 is 2.57 bits per heavy atom. The maximum atomic E-state index is 12.8. The van der Waals surface area contributed by atoms with E-state index in [2.05, 4.69) is 10.3 Å². The predicted octanol–water partition coefficient (Wildman–Crippen LogP) is 4.53. The Labute approximate surface area is 173 Å². The van der Waals surface area contributed by atoms with Crippen molar-refractivity contribution < 1.29 is 18.7 Å². The van der Waals surface area contributed by atoms with Crippen LogP contribution in [0, 0.1) is 0 Å². The zero-order valence-electron chi connectivity index (χ0n) is 16.4. The van der Waals surface area contributed by atoms with Crippen LogP contribution in [0.2, 0.25) is 0 Å². The minimum absolute atomic E-state index is 0.190. The van der Waals surface area contributed by atoms with E-state index in [4.69, 9.17) is 9.15 Å². The highest BCUT2D eigenvalue weighted by Gasteiger charge is 2.18. The molecule has 0 aliphatic rings. The molecule has 0 radical (unpaired) electrons. The number of fused-ring (bicyclic) bond motifs is 1. The van der Waals surface area contributed by atoms with Gasteiger partial charge >= 0.3 is 5.97 Å². The lowest BCUT2D eigenvalue weighted by atomic mass is 10.1. The summed E-state index contributed by atoms with van der Waals surface area (Å²) in [5, 5.41) is 3.48. The van der Waals surface area contributed by atoms with E-state index >= 15 is 0 Å². The molecule has 4 rings (SSSR count). The van der Waals surface area contributed by atoms with Crippen LogP contribution in [-0.4, -0.2) is 23.5 Å². The van der Waals surface area contributed by atoms with Gasteiger partial charge in [-0.05, 0) is 36.8 Å². The lowest BCUT2D eigenvalue weighted by Crippen LogP contribution is -2.31. The second kappa shape index (κ2) is 8.61. The van der Waals surface area contributed by atoms with Crippen molar-refractivity contribution in [2.75, 3.05) is 6.61 Å². The standard InChI is InChI=1S/C24H20N2O4/c1-16(17-8-3-2-4-9-17)25-23(27)15-30-24(28)19-14-21(22-12-7-13-29-22)26-20-11-6-5-10-18(19)20/h2-14,16H,15H2,1H3,(H,25,27). The topological polar surface area (TPSA) is 81.4 Å². The van der Waals surface area contributed by atoms with Gasteiger partial charge in [0.15, 0.2) is 12.4 Å². The van der Waals surface area contributed by atoms with E-state index in [0.717, 1.165) is 5.56 Å². The fourth-order valence-corrected chi connectivity index (χ4v) is 3.21. The maximum absolute atomic E-state index is 12.8.